The van der Waals surface area contributed by atoms with Crippen LogP contribution in [0.15, 0.2) is 127 Å². The highest BCUT2D eigenvalue weighted by Gasteiger charge is 2.35. The molecule has 2 heterocycles. The Morgan fingerprint density at radius 3 is 1.74 bits per heavy atom. The number of benzene rings is 6. The smallest absolute Gasteiger partial charge is 0.0582 e. The van der Waals surface area contributed by atoms with E-state index in [-0.39, 0.29) is 5.41 Å². The predicted octanol–water partition coefficient (Wildman–Crippen LogP) is 11.0. The van der Waals surface area contributed by atoms with E-state index >= 15 is 0 Å². The molecule has 0 saturated carbocycles. The van der Waals surface area contributed by atoms with E-state index in [4.69, 9.17) is 0 Å². The molecular formula is C41H33N. The lowest BCUT2D eigenvalue weighted by Gasteiger charge is -2.35. The highest BCUT2D eigenvalue weighted by molar-refractivity contribution is 6.12. The summed E-state index contributed by atoms with van der Waals surface area (Å²) < 4.78 is 2.51. The lowest BCUT2D eigenvalue weighted by molar-refractivity contribution is 0.630. The van der Waals surface area contributed by atoms with Gasteiger partial charge in [-0.05, 0) is 101 Å². The summed E-state index contributed by atoms with van der Waals surface area (Å²) in [7, 11) is 0. The normalized spacial score (nSPS) is 13.4. The van der Waals surface area contributed by atoms with Gasteiger partial charge in [0.25, 0.3) is 0 Å². The Bertz CT molecular complexity index is 2180. The minimum Gasteiger partial charge on any atom is -0.309 e. The minimum atomic E-state index is -0.128. The lowest BCUT2D eigenvalue weighted by Crippen LogP contribution is -2.26. The summed E-state index contributed by atoms with van der Waals surface area (Å²) in [5, 5.41) is 2.70. The standard InChI is InChI=1S/C41H33N/c1-26-16-18-38-34(20-26)35-21-27(2)22-37-40(35)42(38)39-19-17-33(25-36(39)41(37,3)4)32-15-9-14-31(24-32)30-13-8-12-29(23-30)28-10-6-5-7-11-28/h5-25H,1-4H3. The van der Waals surface area contributed by atoms with Gasteiger partial charge in [0.1, 0.15) is 0 Å². The maximum atomic E-state index is 2.51. The van der Waals surface area contributed by atoms with E-state index in [0.29, 0.717) is 0 Å². The summed E-state index contributed by atoms with van der Waals surface area (Å²) in [5.41, 5.74) is 16.6. The molecule has 1 heteroatoms. The molecule has 0 atom stereocenters. The van der Waals surface area contributed by atoms with E-state index in [1.807, 2.05) is 0 Å². The van der Waals surface area contributed by atoms with Gasteiger partial charge >= 0.3 is 0 Å². The summed E-state index contributed by atoms with van der Waals surface area (Å²) in [4.78, 5) is 0. The third-order valence-electron chi connectivity index (χ3n) is 9.24. The van der Waals surface area contributed by atoms with Crippen molar-refractivity contribution in [1.29, 1.82) is 0 Å². The zero-order valence-corrected chi connectivity index (χ0v) is 24.6. The van der Waals surface area contributed by atoms with Gasteiger partial charge in [-0.2, -0.15) is 0 Å². The van der Waals surface area contributed by atoms with E-state index in [2.05, 4.69) is 160 Å². The molecule has 6 aromatic carbocycles. The lowest BCUT2D eigenvalue weighted by atomic mass is 9.73. The Hall–Kier alpha value is -4.88. The van der Waals surface area contributed by atoms with E-state index in [9.17, 15) is 0 Å². The number of rotatable bonds is 3. The summed E-state index contributed by atoms with van der Waals surface area (Å²) in [6, 6.07) is 47.2. The third kappa shape index (κ3) is 3.70. The van der Waals surface area contributed by atoms with Gasteiger partial charge in [-0.15, -0.1) is 0 Å². The molecule has 0 bridgehead atoms. The van der Waals surface area contributed by atoms with Crippen molar-refractivity contribution in [2.75, 3.05) is 0 Å². The highest BCUT2D eigenvalue weighted by atomic mass is 15.0. The van der Waals surface area contributed by atoms with Crippen LogP contribution in [0.25, 0.3) is 60.9 Å². The second kappa shape index (κ2) is 9.06. The zero-order valence-electron chi connectivity index (χ0n) is 24.6. The van der Waals surface area contributed by atoms with Gasteiger partial charge in [0.2, 0.25) is 0 Å². The van der Waals surface area contributed by atoms with Crippen LogP contribution in [-0.2, 0) is 5.41 Å². The maximum absolute atomic E-state index is 2.51. The van der Waals surface area contributed by atoms with Crippen LogP contribution in [-0.4, -0.2) is 4.57 Å². The van der Waals surface area contributed by atoms with Crippen LogP contribution in [0.4, 0.5) is 0 Å². The molecular weight excluding hydrogens is 506 g/mol. The van der Waals surface area contributed by atoms with Crippen molar-refractivity contribution in [3.05, 3.63) is 150 Å². The van der Waals surface area contributed by atoms with Crippen LogP contribution in [0, 0.1) is 13.8 Å². The summed E-state index contributed by atoms with van der Waals surface area (Å²) >= 11 is 0. The molecule has 42 heavy (non-hydrogen) atoms. The molecule has 202 valence electrons. The van der Waals surface area contributed by atoms with Gasteiger partial charge in [-0.1, -0.05) is 110 Å². The second-order valence-electron chi connectivity index (χ2n) is 12.4. The van der Waals surface area contributed by atoms with Crippen molar-refractivity contribution in [1.82, 2.24) is 4.57 Å². The molecule has 0 unspecified atom stereocenters. The minimum absolute atomic E-state index is 0.128. The van der Waals surface area contributed by atoms with E-state index < -0.39 is 0 Å². The molecule has 1 aliphatic rings. The Morgan fingerprint density at radius 2 is 1.05 bits per heavy atom. The number of aryl methyl sites for hydroxylation is 2. The fourth-order valence-electron chi connectivity index (χ4n) is 7.08. The fourth-order valence-corrected chi connectivity index (χ4v) is 7.08. The van der Waals surface area contributed by atoms with Gasteiger partial charge in [0.05, 0.1) is 16.7 Å². The largest absolute Gasteiger partial charge is 0.309 e. The first-order valence-electron chi connectivity index (χ1n) is 14.9. The van der Waals surface area contributed by atoms with Crippen LogP contribution in [0.5, 0.6) is 0 Å². The van der Waals surface area contributed by atoms with E-state index in [1.165, 1.54) is 83.1 Å². The maximum Gasteiger partial charge on any atom is 0.0582 e. The number of fused-ring (bicyclic) bond motifs is 5. The van der Waals surface area contributed by atoms with Gasteiger partial charge in [0.15, 0.2) is 0 Å². The SMILES string of the molecule is Cc1ccc2c(c1)c1cc(C)cc3c1n2-c1ccc(-c2cccc(-c4cccc(-c5ccccc5)c4)c2)cc1C3(C)C. The topological polar surface area (TPSA) is 4.93 Å². The van der Waals surface area contributed by atoms with Crippen LogP contribution >= 0.6 is 0 Å². The Morgan fingerprint density at radius 1 is 0.452 bits per heavy atom. The highest BCUT2D eigenvalue weighted by Crippen LogP contribution is 2.49. The predicted molar refractivity (Wildman–Crippen MR) is 179 cm³/mol. The van der Waals surface area contributed by atoms with E-state index in [1.54, 1.807) is 0 Å². The van der Waals surface area contributed by atoms with Crippen LogP contribution in [0.2, 0.25) is 0 Å². The number of nitrogens with zero attached hydrogens (tertiary/aromatic N) is 1. The zero-order chi connectivity index (χ0) is 28.6. The summed E-state index contributed by atoms with van der Waals surface area (Å²) in [6.07, 6.45) is 0. The third-order valence-corrected chi connectivity index (χ3v) is 9.24. The molecule has 0 aliphatic carbocycles. The van der Waals surface area contributed by atoms with Gasteiger partial charge < -0.3 is 4.57 Å². The van der Waals surface area contributed by atoms with Gasteiger partial charge in [0, 0.05) is 16.2 Å². The number of aromatic nitrogens is 1. The molecule has 8 rings (SSSR count). The van der Waals surface area contributed by atoms with Crippen LogP contribution < -0.4 is 0 Å². The number of hydrogen-bond acceptors (Lipinski definition) is 0. The van der Waals surface area contributed by atoms with Crippen molar-refractivity contribution in [3.63, 3.8) is 0 Å². The molecule has 0 saturated heterocycles. The first-order valence-corrected chi connectivity index (χ1v) is 14.9. The molecule has 0 fully saturated rings. The average Bonchev–Trinajstić information content (AvgIpc) is 3.33. The molecule has 0 spiro atoms. The van der Waals surface area contributed by atoms with Crippen molar-refractivity contribution in [2.24, 2.45) is 0 Å². The van der Waals surface area contributed by atoms with E-state index in [0.717, 1.165) is 0 Å². The average molecular weight is 540 g/mol. The molecule has 0 amide bonds. The molecule has 1 aromatic heterocycles. The van der Waals surface area contributed by atoms with Crippen molar-refractivity contribution in [2.45, 2.75) is 33.1 Å². The molecule has 0 radical (unpaired) electrons. The monoisotopic (exact) mass is 539 g/mol. The molecule has 1 aliphatic heterocycles. The van der Waals surface area contributed by atoms with Crippen molar-refractivity contribution < 1.29 is 0 Å². The second-order valence-corrected chi connectivity index (χ2v) is 12.4. The quantitative estimate of drug-likeness (QED) is 0.210. The summed E-state index contributed by atoms with van der Waals surface area (Å²) in [6.45, 7) is 9.20. The molecule has 7 aromatic rings. The first-order chi connectivity index (χ1) is 20.4. The van der Waals surface area contributed by atoms with Crippen molar-refractivity contribution in [3.8, 4) is 39.1 Å². The van der Waals surface area contributed by atoms with Crippen molar-refractivity contribution >= 4 is 21.8 Å². The molecule has 1 nitrogen and oxygen atoms in total. The molecule has 0 N–H and O–H groups in total. The number of hydrogen-bond donors (Lipinski definition) is 0. The fraction of sp³-hybridized carbons (Fsp3) is 0.122. The summed E-state index contributed by atoms with van der Waals surface area (Å²) in [5.74, 6) is 0. The Balaban J connectivity index is 1.28. The van der Waals surface area contributed by atoms with Crippen LogP contribution in [0.3, 0.4) is 0 Å². The Labute approximate surface area is 247 Å². The van der Waals surface area contributed by atoms with Gasteiger partial charge in [-0.3, -0.25) is 0 Å². The van der Waals surface area contributed by atoms with Gasteiger partial charge in [-0.25, -0.2) is 0 Å². The first kappa shape index (κ1) is 24.9. The van der Waals surface area contributed by atoms with Crippen LogP contribution in [0.1, 0.15) is 36.1 Å². The Kier molecular flexibility index (Phi) is 5.37.